The lowest BCUT2D eigenvalue weighted by molar-refractivity contribution is -0.133. The summed E-state index contributed by atoms with van der Waals surface area (Å²) in [5, 5.41) is 0. The van der Waals surface area contributed by atoms with Gasteiger partial charge >= 0.3 is 0 Å². The highest BCUT2D eigenvalue weighted by molar-refractivity contribution is 9.10. The maximum absolute atomic E-state index is 13.0. The van der Waals surface area contributed by atoms with E-state index in [0.717, 1.165) is 11.1 Å². The zero-order valence-corrected chi connectivity index (χ0v) is 16.7. The predicted molar refractivity (Wildman–Crippen MR) is 102 cm³/mol. The van der Waals surface area contributed by atoms with Gasteiger partial charge in [-0.25, -0.2) is 4.39 Å². The zero-order chi connectivity index (χ0) is 20.0. The number of benzene rings is 2. The summed E-state index contributed by atoms with van der Waals surface area (Å²) < 4.78 is 24.3. The second-order valence-electron chi connectivity index (χ2n) is 5.86. The van der Waals surface area contributed by atoms with Crippen LogP contribution in [-0.2, 0) is 9.59 Å². The van der Waals surface area contributed by atoms with Gasteiger partial charge in [0.15, 0.2) is 12.7 Å². The van der Waals surface area contributed by atoms with Crippen molar-refractivity contribution in [3.05, 3.63) is 57.8 Å². The van der Waals surface area contributed by atoms with Gasteiger partial charge in [0.2, 0.25) is 0 Å². The number of hydrazine groups is 1. The number of aryl methyl sites for hydroxylation is 1. The van der Waals surface area contributed by atoms with E-state index < -0.39 is 23.7 Å². The van der Waals surface area contributed by atoms with E-state index in [4.69, 9.17) is 9.47 Å². The van der Waals surface area contributed by atoms with E-state index >= 15 is 0 Å². The van der Waals surface area contributed by atoms with Crippen molar-refractivity contribution >= 4 is 27.7 Å². The number of amides is 2. The summed E-state index contributed by atoms with van der Waals surface area (Å²) in [6.45, 7) is 5.08. The van der Waals surface area contributed by atoms with Crippen LogP contribution in [-0.4, -0.2) is 24.5 Å². The maximum Gasteiger partial charge on any atom is 0.279 e. The Labute approximate surface area is 165 Å². The van der Waals surface area contributed by atoms with E-state index in [1.165, 1.54) is 18.2 Å². The van der Waals surface area contributed by atoms with Gasteiger partial charge in [0.1, 0.15) is 17.3 Å². The average molecular weight is 439 g/mol. The first-order valence-corrected chi connectivity index (χ1v) is 8.96. The minimum Gasteiger partial charge on any atom is -0.483 e. The third-order valence-corrected chi connectivity index (χ3v) is 4.43. The highest BCUT2D eigenvalue weighted by Gasteiger charge is 2.17. The number of nitrogens with one attached hydrogen (secondary N) is 2. The number of carbonyl (C=O) groups excluding carboxylic acids is 2. The third-order valence-electron chi connectivity index (χ3n) is 3.81. The topological polar surface area (TPSA) is 76.7 Å². The standard InChI is InChI=1S/C19H20BrFN2O4/c1-11-5-4-6-16(12(11)2)27-13(3)19(25)23-22-18(24)10-26-17-8-7-14(21)9-15(17)20/h4-9,13H,10H2,1-3H3,(H,22,24)(H,23,25). The van der Waals surface area contributed by atoms with Gasteiger partial charge in [-0.2, -0.15) is 0 Å². The Morgan fingerprint density at radius 3 is 2.59 bits per heavy atom. The molecule has 2 aromatic rings. The molecule has 0 fully saturated rings. The molecule has 0 aliphatic rings. The number of hydrogen-bond acceptors (Lipinski definition) is 4. The molecule has 0 aliphatic carbocycles. The highest BCUT2D eigenvalue weighted by atomic mass is 79.9. The normalized spacial score (nSPS) is 11.4. The minimum atomic E-state index is -0.807. The molecule has 8 heteroatoms. The van der Waals surface area contributed by atoms with Crippen molar-refractivity contribution in [1.29, 1.82) is 0 Å². The van der Waals surface area contributed by atoms with E-state index in [0.29, 0.717) is 16.0 Å². The third kappa shape index (κ3) is 5.96. The van der Waals surface area contributed by atoms with E-state index in [9.17, 15) is 14.0 Å². The number of halogens is 2. The SMILES string of the molecule is Cc1cccc(OC(C)C(=O)NNC(=O)COc2ccc(F)cc2Br)c1C. The van der Waals surface area contributed by atoms with Gasteiger partial charge in [-0.3, -0.25) is 20.4 Å². The van der Waals surface area contributed by atoms with Crippen LogP contribution in [0.1, 0.15) is 18.1 Å². The van der Waals surface area contributed by atoms with Crippen LogP contribution in [0.5, 0.6) is 11.5 Å². The van der Waals surface area contributed by atoms with Crippen LogP contribution in [0.2, 0.25) is 0 Å². The molecule has 0 aliphatic heterocycles. The summed E-state index contributed by atoms with van der Waals surface area (Å²) in [4.78, 5) is 23.9. The van der Waals surface area contributed by atoms with Gasteiger partial charge in [0, 0.05) is 0 Å². The number of rotatable bonds is 6. The first-order chi connectivity index (χ1) is 12.8. The Morgan fingerprint density at radius 1 is 1.15 bits per heavy atom. The summed E-state index contributed by atoms with van der Waals surface area (Å²) in [6, 6.07) is 9.40. The molecule has 27 heavy (non-hydrogen) atoms. The second-order valence-corrected chi connectivity index (χ2v) is 6.71. The van der Waals surface area contributed by atoms with Gasteiger partial charge in [-0.05, 0) is 72.1 Å². The molecule has 6 nitrogen and oxygen atoms in total. The molecule has 0 bridgehead atoms. The molecular formula is C19H20BrFN2O4. The van der Waals surface area contributed by atoms with Crippen LogP contribution in [0.3, 0.4) is 0 Å². The Kier molecular flexibility index (Phi) is 7.18. The maximum atomic E-state index is 13.0. The molecule has 2 N–H and O–H groups in total. The molecule has 0 aromatic heterocycles. The van der Waals surface area contributed by atoms with Crippen molar-refractivity contribution in [2.75, 3.05) is 6.61 Å². The monoisotopic (exact) mass is 438 g/mol. The Morgan fingerprint density at radius 2 is 1.89 bits per heavy atom. The first-order valence-electron chi connectivity index (χ1n) is 8.17. The van der Waals surface area contributed by atoms with Crippen molar-refractivity contribution < 1.29 is 23.5 Å². The predicted octanol–water partition coefficient (Wildman–Crippen LogP) is 3.20. The quantitative estimate of drug-likeness (QED) is 0.678. The molecule has 0 heterocycles. The molecule has 0 radical (unpaired) electrons. The molecule has 0 saturated heterocycles. The zero-order valence-electron chi connectivity index (χ0n) is 15.1. The average Bonchev–Trinajstić information content (AvgIpc) is 2.62. The summed E-state index contributed by atoms with van der Waals surface area (Å²) in [5.74, 6) is -0.590. The molecule has 2 amide bonds. The van der Waals surface area contributed by atoms with E-state index in [1.54, 1.807) is 13.0 Å². The first kappa shape index (κ1) is 20.7. The Bertz CT molecular complexity index is 844. The fraction of sp³-hybridized carbons (Fsp3) is 0.263. The lowest BCUT2D eigenvalue weighted by Gasteiger charge is -2.17. The van der Waals surface area contributed by atoms with Gasteiger partial charge in [0.25, 0.3) is 11.8 Å². The van der Waals surface area contributed by atoms with Crippen LogP contribution < -0.4 is 20.3 Å². The molecule has 1 atom stereocenters. The number of hydrogen-bond donors (Lipinski definition) is 2. The molecule has 144 valence electrons. The molecule has 0 spiro atoms. The lowest BCUT2D eigenvalue weighted by Crippen LogP contribution is -2.48. The summed E-state index contributed by atoms with van der Waals surface area (Å²) >= 11 is 3.14. The summed E-state index contributed by atoms with van der Waals surface area (Å²) in [6.07, 6.45) is -0.807. The highest BCUT2D eigenvalue weighted by Crippen LogP contribution is 2.25. The van der Waals surface area contributed by atoms with Crippen molar-refractivity contribution in [1.82, 2.24) is 10.9 Å². The Balaban J connectivity index is 1.80. The minimum absolute atomic E-state index is 0.310. The summed E-state index contributed by atoms with van der Waals surface area (Å²) in [5.41, 5.74) is 6.52. The van der Waals surface area contributed by atoms with Crippen molar-refractivity contribution in [2.45, 2.75) is 26.9 Å². The van der Waals surface area contributed by atoms with Gasteiger partial charge in [-0.15, -0.1) is 0 Å². The smallest absolute Gasteiger partial charge is 0.279 e. The van der Waals surface area contributed by atoms with Crippen LogP contribution in [0.25, 0.3) is 0 Å². The molecular weight excluding hydrogens is 419 g/mol. The van der Waals surface area contributed by atoms with E-state index in [-0.39, 0.29) is 6.61 Å². The van der Waals surface area contributed by atoms with Gasteiger partial charge < -0.3 is 9.47 Å². The lowest BCUT2D eigenvalue weighted by atomic mass is 10.1. The molecule has 2 aromatic carbocycles. The van der Waals surface area contributed by atoms with Crippen LogP contribution in [0.4, 0.5) is 4.39 Å². The van der Waals surface area contributed by atoms with Gasteiger partial charge in [0.05, 0.1) is 4.47 Å². The molecule has 1 unspecified atom stereocenters. The van der Waals surface area contributed by atoms with Crippen LogP contribution in [0, 0.1) is 19.7 Å². The van der Waals surface area contributed by atoms with Crippen molar-refractivity contribution in [3.8, 4) is 11.5 Å². The van der Waals surface area contributed by atoms with E-state index in [1.807, 2.05) is 26.0 Å². The van der Waals surface area contributed by atoms with Crippen molar-refractivity contribution in [3.63, 3.8) is 0 Å². The fourth-order valence-corrected chi connectivity index (χ4v) is 2.57. The summed E-state index contributed by atoms with van der Waals surface area (Å²) in [7, 11) is 0. The van der Waals surface area contributed by atoms with Crippen LogP contribution in [0.15, 0.2) is 40.9 Å². The fourth-order valence-electron chi connectivity index (χ4n) is 2.10. The van der Waals surface area contributed by atoms with Crippen molar-refractivity contribution in [2.24, 2.45) is 0 Å². The number of carbonyl (C=O) groups is 2. The second kappa shape index (κ2) is 9.36. The van der Waals surface area contributed by atoms with Gasteiger partial charge in [-0.1, -0.05) is 12.1 Å². The Hall–Kier alpha value is -2.61. The molecule has 0 saturated carbocycles. The van der Waals surface area contributed by atoms with E-state index in [2.05, 4.69) is 26.8 Å². The van der Waals surface area contributed by atoms with Crippen LogP contribution >= 0.6 is 15.9 Å². The largest absolute Gasteiger partial charge is 0.483 e. The number of ether oxygens (including phenoxy) is 2. The molecule has 2 rings (SSSR count).